The van der Waals surface area contributed by atoms with Crippen molar-refractivity contribution in [3.63, 3.8) is 0 Å². The fourth-order valence-corrected chi connectivity index (χ4v) is 2.89. The maximum absolute atomic E-state index is 12.0. The van der Waals surface area contributed by atoms with Crippen molar-refractivity contribution in [2.75, 3.05) is 23.4 Å². The predicted molar refractivity (Wildman–Crippen MR) is 69.8 cm³/mol. The average molecular weight is 292 g/mol. The van der Waals surface area contributed by atoms with Gasteiger partial charge >= 0.3 is 6.18 Å². The third kappa shape index (κ3) is 5.18. The van der Waals surface area contributed by atoms with E-state index in [4.69, 9.17) is 0 Å². The summed E-state index contributed by atoms with van der Waals surface area (Å²) in [5, 5.41) is 3.33. The third-order valence-corrected chi connectivity index (χ3v) is 3.76. The number of pyridine rings is 1. The molecule has 1 saturated heterocycles. The summed E-state index contributed by atoms with van der Waals surface area (Å²) in [6.07, 6.45) is -0.639. The fourth-order valence-electron chi connectivity index (χ4n) is 1.78. The Morgan fingerprint density at radius 1 is 1.32 bits per heavy atom. The molecule has 1 fully saturated rings. The number of alkyl halides is 3. The first-order chi connectivity index (χ1) is 9.03. The summed E-state index contributed by atoms with van der Waals surface area (Å²) in [5.74, 6) is 2.26. The molecule has 1 aliphatic rings. The zero-order chi connectivity index (χ0) is 13.7. The number of ether oxygens (including phenoxy) is 1. The molecule has 0 spiro atoms. The van der Waals surface area contributed by atoms with Gasteiger partial charge in [0, 0.05) is 12.1 Å². The lowest BCUT2D eigenvalue weighted by Crippen LogP contribution is -2.24. The molecule has 106 valence electrons. The van der Waals surface area contributed by atoms with Crippen molar-refractivity contribution in [1.29, 1.82) is 0 Å². The molecule has 2 heterocycles. The Kier molecular flexibility index (Phi) is 4.79. The molecule has 0 radical (unpaired) electrons. The van der Waals surface area contributed by atoms with Crippen molar-refractivity contribution >= 4 is 17.4 Å². The van der Waals surface area contributed by atoms with Crippen molar-refractivity contribution in [3.05, 3.63) is 18.3 Å². The molecule has 0 amide bonds. The van der Waals surface area contributed by atoms with Gasteiger partial charge in [-0.3, -0.25) is 0 Å². The minimum absolute atomic E-state index is 0.0120. The maximum atomic E-state index is 12.0. The van der Waals surface area contributed by atoms with Gasteiger partial charge in [-0.2, -0.15) is 24.9 Å². The Labute approximate surface area is 113 Å². The summed E-state index contributed by atoms with van der Waals surface area (Å²) in [6, 6.07) is 3.57. The molecule has 1 N–H and O–H groups in total. The Hall–Kier alpha value is -1.11. The summed E-state index contributed by atoms with van der Waals surface area (Å²) in [6.45, 7) is -1.31. The van der Waals surface area contributed by atoms with Crippen LogP contribution >= 0.6 is 11.8 Å². The van der Waals surface area contributed by atoms with Crippen molar-refractivity contribution in [3.8, 4) is 5.88 Å². The van der Waals surface area contributed by atoms with E-state index in [-0.39, 0.29) is 5.88 Å². The van der Waals surface area contributed by atoms with E-state index < -0.39 is 12.8 Å². The number of anilines is 1. The summed E-state index contributed by atoms with van der Waals surface area (Å²) < 4.78 is 40.4. The lowest BCUT2D eigenvalue weighted by atomic mass is 10.1. The molecule has 0 aliphatic carbocycles. The molecule has 1 aliphatic heterocycles. The molecule has 0 atom stereocenters. The van der Waals surface area contributed by atoms with Crippen molar-refractivity contribution < 1.29 is 17.9 Å². The first-order valence-electron chi connectivity index (χ1n) is 6.03. The van der Waals surface area contributed by atoms with Gasteiger partial charge in [0.15, 0.2) is 6.61 Å². The predicted octanol–water partition coefficient (Wildman–Crippen LogP) is 3.33. The highest BCUT2D eigenvalue weighted by Gasteiger charge is 2.28. The van der Waals surface area contributed by atoms with Crippen molar-refractivity contribution in [2.45, 2.75) is 25.1 Å². The van der Waals surface area contributed by atoms with Gasteiger partial charge in [-0.15, -0.1) is 0 Å². The van der Waals surface area contributed by atoms with E-state index in [0.29, 0.717) is 6.04 Å². The van der Waals surface area contributed by atoms with E-state index in [0.717, 1.165) is 30.0 Å². The molecule has 0 aromatic carbocycles. The molecule has 7 heteroatoms. The lowest BCUT2D eigenvalue weighted by Gasteiger charge is -2.23. The van der Waals surface area contributed by atoms with Crippen LogP contribution in [0, 0.1) is 0 Å². The SMILES string of the molecule is FC(F)(F)COc1ccc(NC2CCSCC2)cn1. The number of rotatable bonds is 4. The number of hydrogen-bond acceptors (Lipinski definition) is 4. The maximum Gasteiger partial charge on any atom is 0.422 e. The van der Waals surface area contributed by atoms with Crippen LogP contribution in [-0.4, -0.2) is 35.3 Å². The third-order valence-electron chi connectivity index (χ3n) is 2.71. The largest absolute Gasteiger partial charge is 0.468 e. The van der Waals surface area contributed by atoms with E-state index in [1.165, 1.54) is 12.3 Å². The number of aromatic nitrogens is 1. The summed E-state index contributed by atoms with van der Waals surface area (Å²) >= 11 is 1.94. The van der Waals surface area contributed by atoms with Crippen LogP contribution in [0.25, 0.3) is 0 Å². The van der Waals surface area contributed by atoms with E-state index in [1.807, 2.05) is 11.8 Å². The number of nitrogens with one attached hydrogen (secondary N) is 1. The molecule has 0 unspecified atom stereocenters. The first kappa shape index (κ1) is 14.3. The van der Waals surface area contributed by atoms with Crippen LogP contribution in [0.5, 0.6) is 5.88 Å². The van der Waals surface area contributed by atoms with Crippen LogP contribution in [0.1, 0.15) is 12.8 Å². The second-order valence-corrected chi connectivity index (χ2v) is 5.54. The van der Waals surface area contributed by atoms with E-state index in [2.05, 4.69) is 15.0 Å². The normalized spacial score (nSPS) is 17.2. The van der Waals surface area contributed by atoms with E-state index in [9.17, 15) is 13.2 Å². The molecular formula is C12H15F3N2OS. The van der Waals surface area contributed by atoms with Crippen LogP contribution in [0.4, 0.5) is 18.9 Å². The number of thioether (sulfide) groups is 1. The molecule has 1 aromatic heterocycles. The van der Waals surface area contributed by atoms with Crippen LogP contribution in [0.3, 0.4) is 0 Å². The highest BCUT2D eigenvalue weighted by molar-refractivity contribution is 7.99. The molecular weight excluding hydrogens is 277 g/mol. The average Bonchev–Trinajstić information content (AvgIpc) is 2.38. The smallest absolute Gasteiger partial charge is 0.422 e. The van der Waals surface area contributed by atoms with Gasteiger partial charge in [0.2, 0.25) is 5.88 Å². The summed E-state index contributed by atoms with van der Waals surface area (Å²) in [7, 11) is 0. The van der Waals surface area contributed by atoms with Gasteiger partial charge < -0.3 is 10.1 Å². The Balaban J connectivity index is 1.83. The minimum atomic E-state index is -4.33. The van der Waals surface area contributed by atoms with Crippen molar-refractivity contribution in [1.82, 2.24) is 4.98 Å². The zero-order valence-corrected chi connectivity index (χ0v) is 11.1. The Morgan fingerprint density at radius 2 is 2.05 bits per heavy atom. The Morgan fingerprint density at radius 3 is 2.63 bits per heavy atom. The first-order valence-corrected chi connectivity index (χ1v) is 7.18. The standard InChI is InChI=1S/C12H15F3N2OS/c13-12(14,15)8-18-11-2-1-10(7-16-11)17-9-3-5-19-6-4-9/h1-2,7,9,17H,3-6,8H2. The van der Waals surface area contributed by atoms with E-state index >= 15 is 0 Å². The number of halogens is 3. The number of hydrogen-bond donors (Lipinski definition) is 1. The molecule has 0 saturated carbocycles. The molecule has 0 bridgehead atoms. The van der Waals surface area contributed by atoms with Gasteiger partial charge in [-0.25, -0.2) is 4.98 Å². The molecule has 3 nitrogen and oxygen atoms in total. The molecule has 1 aromatic rings. The minimum Gasteiger partial charge on any atom is -0.468 e. The van der Waals surface area contributed by atoms with Gasteiger partial charge in [-0.1, -0.05) is 0 Å². The number of nitrogens with zero attached hydrogens (tertiary/aromatic N) is 1. The fraction of sp³-hybridized carbons (Fsp3) is 0.583. The van der Waals surface area contributed by atoms with Gasteiger partial charge in [0.05, 0.1) is 11.9 Å². The van der Waals surface area contributed by atoms with Crippen LogP contribution in [0.15, 0.2) is 18.3 Å². The highest BCUT2D eigenvalue weighted by Crippen LogP contribution is 2.22. The summed E-state index contributed by atoms with van der Waals surface area (Å²) in [5.41, 5.74) is 0.816. The van der Waals surface area contributed by atoms with Gasteiger partial charge in [-0.05, 0) is 30.4 Å². The van der Waals surface area contributed by atoms with Gasteiger partial charge in [0.25, 0.3) is 0 Å². The second-order valence-electron chi connectivity index (χ2n) is 4.32. The summed E-state index contributed by atoms with van der Waals surface area (Å²) in [4.78, 5) is 3.86. The topological polar surface area (TPSA) is 34.1 Å². The molecule has 19 heavy (non-hydrogen) atoms. The highest BCUT2D eigenvalue weighted by atomic mass is 32.2. The Bertz CT molecular complexity index is 391. The van der Waals surface area contributed by atoms with Crippen LogP contribution in [-0.2, 0) is 0 Å². The molecule has 2 rings (SSSR count). The van der Waals surface area contributed by atoms with E-state index in [1.54, 1.807) is 6.07 Å². The quantitative estimate of drug-likeness (QED) is 0.923. The van der Waals surface area contributed by atoms with Crippen LogP contribution in [0.2, 0.25) is 0 Å². The van der Waals surface area contributed by atoms with Crippen LogP contribution < -0.4 is 10.1 Å². The van der Waals surface area contributed by atoms with Gasteiger partial charge in [0.1, 0.15) is 0 Å². The lowest BCUT2D eigenvalue weighted by molar-refractivity contribution is -0.154. The van der Waals surface area contributed by atoms with Crippen molar-refractivity contribution in [2.24, 2.45) is 0 Å². The second kappa shape index (κ2) is 6.36. The zero-order valence-electron chi connectivity index (χ0n) is 10.2. The monoisotopic (exact) mass is 292 g/mol.